The highest BCUT2D eigenvalue weighted by Crippen LogP contribution is 2.24. The molecule has 0 saturated carbocycles. The van der Waals surface area contributed by atoms with Crippen LogP contribution in [0.2, 0.25) is 0 Å². The standard InChI is InChI=1S/C18H27NO2/c1-14-9-8-12-19(14)16(17(20)21-18(2,3)4)13-15-10-6-5-7-11-15/h5-7,10-11,14,16H,8-9,12-13H2,1-4H3/t14-,16-/m0/s1. The SMILES string of the molecule is C[C@H]1CCCN1[C@@H](Cc1ccccc1)C(=O)OC(C)(C)C. The Balaban J connectivity index is 2.16. The molecule has 3 nitrogen and oxygen atoms in total. The molecule has 3 heteroatoms. The molecule has 1 aromatic carbocycles. The van der Waals surface area contributed by atoms with Crippen molar-refractivity contribution in [1.82, 2.24) is 4.90 Å². The summed E-state index contributed by atoms with van der Waals surface area (Å²) in [6, 6.07) is 10.5. The summed E-state index contributed by atoms with van der Waals surface area (Å²) >= 11 is 0. The van der Waals surface area contributed by atoms with E-state index in [2.05, 4.69) is 24.0 Å². The second-order valence-electron chi connectivity index (χ2n) is 6.97. The van der Waals surface area contributed by atoms with Crippen molar-refractivity contribution in [2.24, 2.45) is 0 Å². The van der Waals surface area contributed by atoms with E-state index < -0.39 is 5.60 Å². The number of rotatable bonds is 4. The highest BCUT2D eigenvalue weighted by atomic mass is 16.6. The van der Waals surface area contributed by atoms with Gasteiger partial charge in [-0.1, -0.05) is 30.3 Å². The van der Waals surface area contributed by atoms with Crippen molar-refractivity contribution in [2.45, 2.75) is 64.6 Å². The highest BCUT2D eigenvalue weighted by Gasteiger charge is 2.35. The predicted molar refractivity (Wildman–Crippen MR) is 85.2 cm³/mol. The molecule has 0 aromatic heterocycles. The van der Waals surface area contributed by atoms with Crippen molar-refractivity contribution in [1.29, 1.82) is 0 Å². The molecule has 1 fully saturated rings. The summed E-state index contributed by atoms with van der Waals surface area (Å²) < 4.78 is 5.65. The van der Waals surface area contributed by atoms with Crippen LogP contribution in [0.3, 0.4) is 0 Å². The number of nitrogens with zero attached hydrogens (tertiary/aromatic N) is 1. The van der Waals surface area contributed by atoms with Crippen LogP contribution in [0.1, 0.15) is 46.1 Å². The second kappa shape index (κ2) is 6.61. The first kappa shape index (κ1) is 16.0. The molecule has 1 aliphatic rings. The summed E-state index contributed by atoms with van der Waals surface area (Å²) in [6.07, 6.45) is 3.05. The lowest BCUT2D eigenvalue weighted by molar-refractivity contribution is -0.161. The number of carbonyl (C=O) groups is 1. The van der Waals surface area contributed by atoms with Crippen molar-refractivity contribution >= 4 is 5.97 Å². The zero-order valence-electron chi connectivity index (χ0n) is 13.6. The molecular weight excluding hydrogens is 262 g/mol. The van der Waals surface area contributed by atoms with Crippen LogP contribution in [-0.2, 0) is 16.0 Å². The van der Waals surface area contributed by atoms with Gasteiger partial charge >= 0.3 is 5.97 Å². The van der Waals surface area contributed by atoms with Crippen LogP contribution < -0.4 is 0 Å². The van der Waals surface area contributed by atoms with Crippen LogP contribution in [0.4, 0.5) is 0 Å². The lowest BCUT2D eigenvalue weighted by atomic mass is 10.0. The number of ether oxygens (including phenoxy) is 1. The van der Waals surface area contributed by atoms with Crippen molar-refractivity contribution in [3.8, 4) is 0 Å². The minimum absolute atomic E-state index is 0.0971. The molecule has 0 N–H and O–H groups in total. The smallest absolute Gasteiger partial charge is 0.324 e. The molecule has 1 aliphatic heterocycles. The molecule has 0 radical (unpaired) electrons. The number of hydrogen-bond donors (Lipinski definition) is 0. The molecule has 1 saturated heterocycles. The van der Waals surface area contributed by atoms with Crippen LogP contribution in [0.25, 0.3) is 0 Å². The zero-order chi connectivity index (χ0) is 15.5. The average Bonchev–Trinajstić information content (AvgIpc) is 2.81. The average molecular weight is 289 g/mol. The van der Waals surface area contributed by atoms with Gasteiger partial charge in [0.15, 0.2) is 0 Å². The fraction of sp³-hybridized carbons (Fsp3) is 0.611. The van der Waals surface area contributed by atoms with Gasteiger partial charge in [0.2, 0.25) is 0 Å². The summed E-state index contributed by atoms with van der Waals surface area (Å²) in [6.45, 7) is 8.97. The molecule has 2 rings (SSSR count). The summed E-state index contributed by atoms with van der Waals surface area (Å²) in [7, 11) is 0. The first-order valence-electron chi connectivity index (χ1n) is 7.89. The monoisotopic (exact) mass is 289 g/mol. The minimum atomic E-state index is -0.436. The number of benzene rings is 1. The van der Waals surface area contributed by atoms with Gasteiger partial charge in [-0.15, -0.1) is 0 Å². The molecule has 1 heterocycles. The van der Waals surface area contributed by atoms with Gasteiger partial charge in [-0.2, -0.15) is 0 Å². The predicted octanol–water partition coefficient (Wildman–Crippen LogP) is 3.42. The van der Waals surface area contributed by atoms with E-state index in [0.717, 1.165) is 25.8 Å². The molecule has 0 spiro atoms. The van der Waals surface area contributed by atoms with Crippen LogP contribution in [0.15, 0.2) is 30.3 Å². The Morgan fingerprint density at radius 2 is 2.00 bits per heavy atom. The molecule has 2 atom stereocenters. The molecule has 0 amide bonds. The molecular formula is C18H27NO2. The van der Waals surface area contributed by atoms with E-state index >= 15 is 0 Å². The lowest BCUT2D eigenvalue weighted by Gasteiger charge is -2.32. The lowest BCUT2D eigenvalue weighted by Crippen LogP contribution is -2.47. The Morgan fingerprint density at radius 3 is 2.52 bits per heavy atom. The topological polar surface area (TPSA) is 29.5 Å². The van der Waals surface area contributed by atoms with Crippen LogP contribution in [0.5, 0.6) is 0 Å². The van der Waals surface area contributed by atoms with E-state index in [1.807, 2.05) is 39.0 Å². The van der Waals surface area contributed by atoms with Crippen molar-refractivity contribution in [3.63, 3.8) is 0 Å². The maximum absolute atomic E-state index is 12.6. The van der Waals surface area contributed by atoms with Gasteiger partial charge in [0, 0.05) is 6.04 Å². The van der Waals surface area contributed by atoms with Gasteiger partial charge in [-0.3, -0.25) is 9.69 Å². The maximum Gasteiger partial charge on any atom is 0.324 e. The van der Waals surface area contributed by atoms with Gasteiger partial charge in [-0.25, -0.2) is 0 Å². The first-order valence-corrected chi connectivity index (χ1v) is 7.89. The van der Waals surface area contributed by atoms with E-state index in [1.165, 1.54) is 5.56 Å². The molecule has 116 valence electrons. The third kappa shape index (κ3) is 4.57. The fourth-order valence-corrected chi connectivity index (χ4v) is 2.96. The number of carbonyl (C=O) groups excluding carboxylic acids is 1. The first-order chi connectivity index (χ1) is 9.87. The number of esters is 1. The quantitative estimate of drug-likeness (QED) is 0.795. The maximum atomic E-state index is 12.6. The zero-order valence-corrected chi connectivity index (χ0v) is 13.6. The van der Waals surface area contributed by atoms with Crippen LogP contribution in [-0.4, -0.2) is 35.1 Å². The molecule has 1 aromatic rings. The van der Waals surface area contributed by atoms with Crippen LogP contribution >= 0.6 is 0 Å². The molecule has 0 bridgehead atoms. The van der Waals surface area contributed by atoms with Gasteiger partial charge in [0.1, 0.15) is 11.6 Å². The second-order valence-corrected chi connectivity index (χ2v) is 6.97. The van der Waals surface area contributed by atoms with E-state index in [4.69, 9.17) is 4.74 Å². The van der Waals surface area contributed by atoms with E-state index in [9.17, 15) is 4.79 Å². The number of likely N-dealkylation sites (tertiary alicyclic amines) is 1. The Labute approximate surface area is 128 Å². The third-order valence-electron chi connectivity index (χ3n) is 3.96. The summed E-state index contributed by atoms with van der Waals surface area (Å²) in [5.74, 6) is -0.0971. The van der Waals surface area contributed by atoms with Gasteiger partial charge < -0.3 is 4.74 Å². The Kier molecular flexibility index (Phi) is 5.04. The molecule has 0 unspecified atom stereocenters. The normalized spacial score (nSPS) is 21.2. The Morgan fingerprint density at radius 1 is 1.33 bits per heavy atom. The third-order valence-corrected chi connectivity index (χ3v) is 3.96. The number of hydrogen-bond acceptors (Lipinski definition) is 3. The highest BCUT2D eigenvalue weighted by molar-refractivity contribution is 5.76. The van der Waals surface area contributed by atoms with Crippen molar-refractivity contribution in [3.05, 3.63) is 35.9 Å². The fourth-order valence-electron chi connectivity index (χ4n) is 2.96. The molecule has 0 aliphatic carbocycles. The minimum Gasteiger partial charge on any atom is -0.459 e. The van der Waals surface area contributed by atoms with Gasteiger partial charge in [0.05, 0.1) is 0 Å². The summed E-state index contributed by atoms with van der Waals surface area (Å²) in [5.41, 5.74) is 0.752. The van der Waals surface area contributed by atoms with E-state index in [0.29, 0.717) is 6.04 Å². The largest absolute Gasteiger partial charge is 0.459 e. The van der Waals surface area contributed by atoms with E-state index in [1.54, 1.807) is 0 Å². The van der Waals surface area contributed by atoms with Gasteiger partial charge in [0.25, 0.3) is 0 Å². The summed E-state index contributed by atoms with van der Waals surface area (Å²) in [4.78, 5) is 14.9. The summed E-state index contributed by atoms with van der Waals surface area (Å²) in [5, 5.41) is 0. The molecule has 21 heavy (non-hydrogen) atoms. The van der Waals surface area contributed by atoms with Crippen molar-refractivity contribution in [2.75, 3.05) is 6.54 Å². The Bertz CT molecular complexity index is 464. The Hall–Kier alpha value is -1.35. The van der Waals surface area contributed by atoms with Crippen LogP contribution in [0, 0.1) is 0 Å². The van der Waals surface area contributed by atoms with Crippen molar-refractivity contribution < 1.29 is 9.53 Å². The van der Waals surface area contributed by atoms with Gasteiger partial charge in [-0.05, 0) is 59.1 Å². The van der Waals surface area contributed by atoms with E-state index in [-0.39, 0.29) is 12.0 Å².